The summed E-state index contributed by atoms with van der Waals surface area (Å²) in [5.41, 5.74) is 1.29. The van der Waals surface area contributed by atoms with Gasteiger partial charge in [0, 0.05) is 24.4 Å². The molecule has 0 bridgehead atoms. The van der Waals surface area contributed by atoms with Gasteiger partial charge >= 0.3 is 0 Å². The van der Waals surface area contributed by atoms with Crippen LogP contribution in [0.15, 0.2) is 36.7 Å². The number of pyridine rings is 1. The summed E-state index contributed by atoms with van der Waals surface area (Å²) in [6, 6.07) is 8.68. The summed E-state index contributed by atoms with van der Waals surface area (Å²) in [7, 11) is 0. The molecule has 0 aliphatic rings. The first-order valence-corrected chi connectivity index (χ1v) is 7.45. The zero-order chi connectivity index (χ0) is 14.4. The monoisotopic (exact) mass is 272 g/mol. The number of nitrogens with zero attached hydrogens (tertiary/aromatic N) is 1. The van der Waals surface area contributed by atoms with Crippen molar-refractivity contribution < 1.29 is 4.74 Å². The summed E-state index contributed by atoms with van der Waals surface area (Å²) in [5, 5.41) is 6.05. The molecule has 1 heterocycles. The fourth-order valence-electron chi connectivity index (χ4n) is 2.61. The van der Waals surface area contributed by atoms with Gasteiger partial charge in [-0.3, -0.25) is 4.98 Å². The number of ether oxygens (including phenoxy) is 1. The van der Waals surface area contributed by atoms with E-state index in [1.807, 2.05) is 19.3 Å². The van der Waals surface area contributed by atoms with E-state index in [9.17, 15) is 0 Å². The molecule has 0 aliphatic heterocycles. The fourth-order valence-corrected chi connectivity index (χ4v) is 2.61. The Kier molecular flexibility index (Phi) is 5.50. The van der Waals surface area contributed by atoms with Gasteiger partial charge in [-0.25, -0.2) is 0 Å². The smallest absolute Gasteiger partial charge is 0.0741 e. The van der Waals surface area contributed by atoms with E-state index in [0.717, 1.165) is 19.6 Å². The topological polar surface area (TPSA) is 34.2 Å². The van der Waals surface area contributed by atoms with Crippen molar-refractivity contribution in [2.45, 2.75) is 39.3 Å². The van der Waals surface area contributed by atoms with Crippen molar-refractivity contribution >= 4 is 10.8 Å². The van der Waals surface area contributed by atoms with E-state index in [1.165, 1.54) is 16.3 Å². The molecule has 0 radical (unpaired) electrons. The molecule has 2 atom stereocenters. The maximum absolute atomic E-state index is 5.83. The predicted molar refractivity (Wildman–Crippen MR) is 83.9 cm³/mol. The van der Waals surface area contributed by atoms with Crippen LogP contribution in [0.4, 0.5) is 0 Å². The number of fused-ring (bicyclic) bond motifs is 1. The average molecular weight is 272 g/mol. The zero-order valence-electron chi connectivity index (χ0n) is 12.6. The molecule has 1 aromatic carbocycles. The van der Waals surface area contributed by atoms with Gasteiger partial charge in [0.05, 0.1) is 12.1 Å². The molecule has 0 amide bonds. The Morgan fingerprint density at radius 3 is 2.85 bits per heavy atom. The van der Waals surface area contributed by atoms with Gasteiger partial charge in [0.15, 0.2) is 0 Å². The molecule has 2 aromatic rings. The van der Waals surface area contributed by atoms with Crippen molar-refractivity contribution in [3.05, 3.63) is 42.2 Å². The Labute approximate surface area is 121 Å². The Morgan fingerprint density at radius 1 is 1.25 bits per heavy atom. The minimum absolute atomic E-state index is 0.144. The zero-order valence-corrected chi connectivity index (χ0v) is 12.6. The largest absolute Gasteiger partial charge is 0.377 e. The van der Waals surface area contributed by atoms with Gasteiger partial charge in [0.1, 0.15) is 0 Å². The molecule has 2 unspecified atom stereocenters. The molecule has 3 nitrogen and oxygen atoms in total. The van der Waals surface area contributed by atoms with E-state index >= 15 is 0 Å². The third kappa shape index (κ3) is 3.35. The van der Waals surface area contributed by atoms with Crippen molar-refractivity contribution in [2.75, 3.05) is 13.2 Å². The Hall–Kier alpha value is -1.45. The van der Waals surface area contributed by atoms with Crippen LogP contribution in [0.2, 0.25) is 0 Å². The summed E-state index contributed by atoms with van der Waals surface area (Å²) in [6.07, 6.45) is 5.03. The Morgan fingerprint density at radius 2 is 2.10 bits per heavy atom. The summed E-state index contributed by atoms with van der Waals surface area (Å²) >= 11 is 0. The van der Waals surface area contributed by atoms with Crippen molar-refractivity contribution in [1.82, 2.24) is 10.3 Å². The molecule has 3 heteroatoms. The first-order chi connectivity index (χ1) is 9.77. The van der Waals surface area contributed by atoms with E-state index < -0.39 is 0 Å². The molecular formula is C17H24N2O. The average Bonchev–Trinajstić information content (AvgIpc) is 2.48. The van der Waals surface area contributed by atoms with Crippen molar-refractivity contribution in [3.8, 4) is 0 Å². The van der Waals surface area contributed by atoms with E-state index in [1.54, 1.807) is 0 Å². The molecule has 0 saturated heterocycles. The maximum atomic E-state index is 5.83. The number of rotatable bonds is 7. The number of nitrogens with one attached hydrogen (secondary N) is 1. The molecule has 108 valence electrons. The van der Waals surface area contributed by atoms with Crippen LogP contribution >= 0.6 is 0 Å². The predicted octanol–water partition coefficient (Wildman–Crippen LogP) is 3.70. The highest BCUT2D eigenvalue weighted by molar-refractivity contribution is 5.85. The van der Waals surface area contributed by atoms with Crippen LogP contribution in [0.3, 0.4) is 0 Å². The SMILES string of the molecule is CCCNC(c1cccc2cnccc12)C(C)OCC. The van der Waals surface area contributed by atoms with Crippen LogP contribution in [0.1, 0.15) is 38.8 Å². The normalized spacial score (nSPS) is 14.3. The van der Waals surface area contributed by atoms with Crippen LogP contribution < -0.4 is 5.32 Å². The number of hydrogen-bond donors (Lipinski definition) is 1. The molecule has 2 rings (SSSR count). The minimum atomic E-state index is 0.144. The van der Waals surface area contributed by atoms with Crippen LogP contribution in [0.5, 0.6) is 0 Å². The lowest BCUT2D eigenvalue weighted by Crippen LogP contribution is -2.32. The summed E-state index contributed by atoms with van der Waals surface area (Å²) in [4.78, 5) is 4.21. The molecule has 0 saturated carbocycles. The second-order valence-electron chi connectivity index (χ2n) is 5.04. The molecule has 0 spiro atoms. The van der Waals surface area contributed by atoms with Gasteiger partial charge in [-0.05, 0) is 43.8 Å². The second kappa shape index (κ2) is 7.36. The molecule has 0 fully saturated rings. The van der Waals surface area contributed by atoms with Gasteiger partial charge in [0.2, 0.25) is 0 Å². The van der Waals surface area contributed by atoms with E-state index in [0.29, 0.717) is 0 Å². The summed E-state index contributed by atoms with van der Waals surface area (Å²) in [6.45, 7) is 8.08. The minimum Gasteiger partial charge on any atom is -0.377 e. The summed E-state index contributed by atoms with van der Waals surface area (Å²) in [5.74, 6) is 0. The van der Waals surface area contributed by atoms with Gasteiger partial charge in [0.25, 0.3) is 0 Å². The van der Waals surface area contributed by atoms with E-state index in [4.69, 9.17) is 4.74 Å². The third-order valence-electron chi connectivity index (χ3n) is 3.56. The molecule has 1 aromatic heterocycles. The summed E-state index contributed by atoms with van der Waals surface area (Å²) < 4.78 is 5.83. The lowest BCUT2D eigenvalue weighted by Gasteiger charge is -2.26. The van der Waals surface area contributed by atoms with Gasteiger partial charge in [-0.1, -0.05) is 25.1 Å². The van der Waals surface area contributed by atoms with Crippen molar-refractivity contribution in [3.63, 3.8) is 0 Å². The van der Waals surface area contributed by atoms with Crippen LogP contribution in [-0.2, 0) is 4.74 Å². The quantitative estimate of drug-likeness (QED) is 0.834. The highest BCUT2D eigenvalue weighted by Gasteiger charge is 2.20. The van der Waals surface area contributed by atoms with Gasteiger partial charge in [-0.2, -0.15) is 0 Å². The Bertz CT molecular complexity index is 536. The highest BCUT2D eigenvalue weighted by atomic mass is 16.5. The fraction of sp³-hybridized carbons (Fsp3) is 0.471. The van der Waals surface area contributed by atoms with Crippen LogP contribution in [0.25, 0.3) is 10.8 Å². The van der Waals surface area contributed by atoms with E-state index in [2.05, 4.69) is 48.4 Å². The van der Waals surface area contributed by atoms with Crippen LogP contribution in [0, 0.1) is 0 Å². The van der Waals surface area contributed by atoms with Crippen LogP contribution in [-0.4, -0.2) is 24.2 Å². The van der Waals surface area contributed by atoms with Crippen molar-refractivity contribution in [2.24, 2.45) is 0 Å². The first kappa shape index (κ1) is 14.9. The van der Waals surface area contributed by atoms with Gasteiger partial charge < -0.3 is 10.1 Å². The molecule has 20 heavy (non-hydrogen) atoms. The number of aromatic nitrogens is 1. The molecule has 1 N–H and O–H groups in total. The Balaban J connectivity index is 2.39. The van der Waals surface area contributed by atoms with Crippen molar-refractivity contribution in [1.29, 1.82) is 0 Å². The number of benzene rings is 1. The standard InChI is InChI=1S/C17H24N2O/c1-4-10-19-17(13(3)20-5-2)16-8-6-7-14-12-18-11-9-15(14)16/h6-9,11-13,17,19H,4-5,10H2,1-3H3. The molecule has 0 aliphatic carbocycles. The van der Waals surface area contributed by atoms with E-state index in [-0.39, 0.29) is 12.1 Å². The second-order valence-corrected chi connectivity index (χ2v) is 5.04. The third-order valence-corrected chi connectivity index (χ3v) is 3.56. The highest BCUT2D eigenvalue weighted by Crippen LogP contribution is 2.27. The van der Waals surface area contributed by atoms with Gasteiger partial charge in [-0.15, -0.1) is 0 Å². The maximum Gasteiger partial charge on any atom is 0.0741 e. The molecular weight excluding hydrogens is 248 g/mol. The lowest BCUT2D eigenvalue weighted by atomic mass is 9.96. The number of hydrogen-bond acceptors (Lipinski definition) is 3. The lowest BCUT2D eigenvalue weighted by molar-refractivity contribution is 0.0476. The first-order valence-electron chi connectivity index (χ1n) is 7.45.